The highest BCUT2D eigenvalue weighted by Crippen LogP contribution is 2.35. The fourth-order valence-electron chi connectivity index (χ4n) is 2.97. The molecule has 0 bridgehead atoms. The molecule has 5 rings (SSSR count). The van der Waals surface area contributed by atoms with E-state index >= 15 is 0 Å². The molecule has 0 spiro atoms. The largest absolute Gasteiger partial charge is 0.361 e. The number of hydrogen-bond donors (Lipinski definition) is 1. The molecule has 0 atom stereocenters. The van der Waals surface area contributed by atoms with Crippen LogP contribution >= 0.6 is 0 Å². The summed E-state index contributed by atoms with van der Waals surface area (Å²) in [5.41, 5.74) is 4.99. The minimum atomic E-state index is 0.149. The van der Waals surface area contributed by atoms with E-state index in [-0.39, 0.29) is 5.78 Å². The van der Waals surface area contributed by atoms with E-state index in [0.717, 1.165) is 22.3 Å². The van der Waals surface area contributed by atoms with Crippen molar-refractivity contribution >= 4 is 16.7 Å². The molecule has 0 saturated carbocycles. The van der Waals surface area contributed by atoms with Crippen molar-refractivity contribution in [2.75, 3.05) is 0 Å². The number of para-hydroxylation sites is 1. The quantitative estimate of drug-likeness (QED) is 0.425. The van der Waals surface area contributed by atoms with Crippen LogP contribution in [0.2, 0.25) is 0 Å². The average molecular weight is 297 g/mol. The number of aromatic nitrogens is 1. The van der Waals surface area contributed by atoms with Gasteiger partial charge >= 0.3 is 0 Å². The molecule has 110 valence electrons. The summed E-state index contributed by atoms with van der Waals surface area (Å²) in [5, 5.41) is 1.28. The number of carbonyl (C=O) groups is 1. The fourth-order valence-corrected chi connectivity index (χ4v) is 2.97. The Hall–Kier alpha value is -3.13. The summed E-state index contributed by atoms with van der Waals surface area (Å²) in [7, 11) is 0. The number of aromatic amines is 1. The van der Waals surface area contributed by atoms with E-state index in [1.807, 2.05) is 66.9 Å². The summed E-state index contributed by atoms with van der Waals surface area (Å²) < 4.78 is 0. The molecule has 1 heterocycles. The van der Waals surface area contributed by atoms with Crippen LogP contribution in [0.1, 0.15) is 15.9 Å². The van der Waals surface area contributed by atoms with Crippen LogP contribution in [0.5, 0.6) is 0 Å². The molecule has 3 aromatic carbocycles. The van der Waals surface area contributed by atoms with Gasteiger partial charge in [0.05, 0.1) is 0 Å². The van der Waals surface area contributed by atoms with Crippen LogP contribution in [0.25, 0.3) is 22.0 Å². The Morgan fingerprint density at radius 3 is 1.70 bits per heavy atom. The maximum absolute atomic E-state index is 11.9. The van der Waals surface area contributed by atoms with Gasteiger partial charge in [-0.15, -0.1) is 0 Å². The van der Waals surface area contributed by atoms with Crippen LogP contribution in [-0.2, 0) is 0 Å². The Morgan fingerprint density at radius 2 is 1.09 bits per heavy atom. The van der Waals surface area contributed by atoms with E-state index in [4.69, 9.17) is 0 Å². The number of carbonyl (C=O) groups excluding carboxylic acids is 1. The van der Waals surface area contributed by atoms with Crippen molar-refractivity contribution in [3.8, 4) is 11.1 Å². The number of rotatable bonds is 0. The van der Waals surface area contributed by atoms with Gasteiger partial charge in [0, 0.05) is 22.8 Å². The van der Waals surface area contributed by atoms with Crippen LogP contribution < -0.4 is 0 Å². The van der Waals surface area contributed by atoms with Crippen LogP contribution in [0.3, 0.4) is 0 Å². The van der Waals surface area contributed by atoms with Gasteiger partial charge in [-0.2, -0.15) is 0 Å². The molecule has 2 heteroatoms. The van der Waals surface area contributed by atoms with Gasteiger partial charge in [-0.3, -0.25) is 4.79 Å². The minimum absolute atomic E-state index is 0.149. The highest BCUT2D eigenvalue weighted by atomic mass is 16.1. The average Bonchev–Trinajstić information content (AvgIpc) is 3.20. The molecule has 1 N–H and O–H groups in total. The van der Waals surface area contributed by atoms with Gasteiger partial charge in [-0.25, -0.2) is 0 Å². The van der Waals surface area contributed by atoms with Crippen molar-refractivity contribution in [3.63, 3.8) is 0 Å². The van der Waals surface area contributed by atoms with Crippen LogP contribution in [0.4, 0.5) is 0 Å². The van der Waals surface area contributed by atoms with Gasteiger partial charge in [0.25, 0.3) is 0 Å². The first kappa shape index (κ1) is 13.5. The molecule has 1 aliphatic rings. The van der Waals surface area contributed by atoms with E-state index in [0.29, 0.717) is 0 Å². The summed E-state index contributed by atoms with van der Waals surface area (Å²) in [4.78, 5) is 15.0. The van der Waals surface area contributed by atoms with Gasteiger partial charge in [0.15, 0.2) is 5.78 Å². The Balaban J connectivity index is 0.000000130. The SMILES string of the molecule is O=C1c2ccccc2-c2ccccc21.c1ccc2[nH]ccc2c1. The van der Waals surface area contributed by atoms with Gasteiger partial charge in [-0.05, 0) is 28.6 Å². The predicted octanol–water partition coefficient (Wildman–Crippen LogP) is 5.07. The van der Waals surface area contributed by atoms with Gasteiger partial charge < -0.3 is 4.98 Å². The monoisotopic (exact) mass is 297 g/mol. The maximum Gasteiger partial charge on any atom is 0.194 e. The zero-order valence-corrected chi connectivity index (χ0v) is 12.5. The lowest BCUT2D eigenvalue weighted by Gasteiger charge is -1.96. The van der Waals surface area contributed by atoms with Gasteiger partial charge in [0.1, 0.15) is 0 Å². The lowest BCUT2D eigenvalue weighted by Crippen LogP contribution is -1.93. The molecule has 0 unspecified atom stereocenters. The molecular weight excluding hydrogens is 282 g/mol. The Kier molecular flexibility index (Phi) is 3.28. The first-order valence-corrected chi connectivity index (χ1v) is 7.60. The van der Waals surface area contributed by atoms with Crippen LogP contribution in [-0.4, -0.2) is 10.8 Å². The van der Waals surface area contributed by atoms with Crippen molar-refractivity contribution in [1.29, 1.82) is 0 Å². The molecule has 0 saturated heterocycles. The smallest absolute Gasteiger partial charge is 0.194 e. The number of nitrogens with one attached hydrogen (secondary N) is 1. The second-order valence-corrected chi connectivity index (χ2v) is 5.49. The molecular formula is C21H15NO. The Labute approximate surface area is 134 Å². The number of H-pyrrole nitrogens is 1. The molecule has 23 heavy (non-hydrogen) atoms. The van der Waals surface area contributed by atoms with Crippen molar-refractivity contribution in [1.82, 2.24) is 4.98 Å². The predicted molar refractivity (Wildman–Crippen MR) is 93.6 cm³/mol. The summed E-state index contributed by atoms with van der Waals surface area (Å²) in [6.07, 6.45) is 1.95. The summed E-state index contributed by atoms with van der Waals surface area (Å²) in [6, 6.07) is 25.8. The second-order valence-electron chi connectivity index (χ2n) is 5.49. The zero-order valence-electron chi connectivity index (χ0n) is 12.5. The third kappa shape index (κ3) is 2.34. The van der Waals surface area contributed by atoms with Crippen molar-refractivity contribution in [2.45, 2.75) is 0 Å². The molecule has 1 aromatic heterocycles. The summed E-state index contributed by atoms with van der Waals surface area (Å²) >= 11 is 0. The summed E-state index contributed by atoms with van der Waals surface area (Å²) in [6.45, 7) is 0. The number of hydrogen-bond acceptors (Lipinski definition) is 1. The van der Waals surface area contributed by atoms with Crippen LogP contribution in [0.15, 0.2) is 85.1 Å². The van der Waals surface area contributed by atoms with Gasteiger partial charge in [-0.1, -0.05) is 66.7 Å². The number of fused-ring (bicyclic) bond motifs is 4. The highest BCUT2D eigenvalue weighted by molar-refractivity contribution is 6.21. The Morgan fingerprint density at radius 1 is 0.565 bits per heavy atom. The molecule has 4 aromatic rings. The standard InChI is InChI=1S/C13H8O.C8H7N/c14-13-11-7-3-1-5-9(11)10-6-2-4-8-12(10)13;1-2-4-8-7(3-1)5-6-9-8/h1-8H;1-6,9H. The van der Waals surface area contributed by atoms with E-state index < -0.39 is 0 Å². The third-order valence-corrected chi connectivity index (χ3v) is 4.10. The molecule has 0 fully saturated rings. The molecule has 2 nitrogen and oxygen atoms in total. The summed E-state index contributed by atoms with van der Waals surface area (Å²) in [5.74, 6) is 0.149. The first-order valence-electron chi connectivity index (χ1n) is 7.60. The molecule has 0 radical (unpaired) electrons. The molecule has 1 aliphatic carbocycles. The first-order chi connectivity index (χ1) is 11.3. The maximum atomic E-state index is 11.9. The number of ketones is 1. The van der Waals surface area contributed by atoms with Crippen LogP contribution in [0, 0.1) is 0 Å². The second kappa shape index (κ2) is 5.58. The highest BCUT2D eigenvalue weighted by Gasteiger charge is 2.24. The van der Waals surface area contributed by atoms with E-state index in [2.05, 4.69) is 23.2 Å². The lowest BCUT2D eigenvalue weighted by atomic mass is 10.1. The van der Waals surface area contributed by atoms with E-state index in [1.54, 1.807) is 0 Å². The van der Waals surface area contributed by atoms with E-state index in [1.165, 1.54) is 10.9 Å². The third-order valence-electron chi connectivity index (χ3n) is 4.10. The van der Waals surface area contributed by atoms with Crippen molar-refractivity contribution in [3.05, 3.63) is 96.2 Å². The minimum Gasteiger partial charge on any atom is -0.361 e. The van der Waals surface area contributed by atoms with Gasteiger partial charge in [0.2, 0.25) is 0 Å². The lowest BCUT2D eigenvalue weighted by molar-refractivity contribution is 0.104. The topological polar surface area (TPSA) is 32.9 Å². The Bertz CT molecular complexity index is 920. The zero-order chi connectivity index (χ0) is 15.6. The normalized spacial score (nSPS) is 11.6. The van der Waals surface area contributed by atoms with Crippen molar-refractivity contribution in [2.24, 2.45) is 0 Å². The van der Waals surface area contributed by atoms with Crippen molar-refractivity contribution < 1.29 is 4.79 Å². The fraction of sp³-hybridized carbons (Fsp3) is 0. The molecule has 0 amide bonds. The van der Waals surface area contributed by atoms with E-state index in [9.17, 15) is 4.79 Å². The number of benzene rings is 3. The molecule has 0 aliphatic heterocycles.